The minimum Gasteiger partial charge on any atom is -0.293 e. The van der Waals surface area contributed by atoms with Crippen LogP contribution in [0, 0.1) is 0 Å². The van der Waals surface area contributed by atoms with Crippen molar-refractivity contribution in [1.82, 2.24) is 4.90 Å². The van der Waals surface area contributed by atoms with Crippen molar-refractivity contribution in [1.29, 1.82) is 0 Å². The Morgan fingerprint density at radius 3 is 2.35 bits per heavy atom. The monoisotopic (exact) mass is 303 g/mol. The van der Waals surface area contributed by atoms with Crippen molar-refractivity contribution in [3.63, 3.8) is 0 Å². The largest absolute Gasteiger partial charge is 0.293 e. The molecule has 4 heteroatoms. The second-order valence-corrected chi connectivity index (χ2v) is 8.94. The minimum atomic E-state index is -2.81. The highest BCUT2D eigenvalue weighted by molar-refractivity contribution is 7.91. The molecule has 0 aromatic rings. The van der Waals surface area contributed by atoms with Crippen LogP contribution < -0.4 is 0 Å². The Balaban J connectivity index is 2.68. The summed E-state index contributed by atoms with van der Waals surface area (Å²) in [5, 5.41) is 0. The fraction of sp³-hybridized carbons (Fsp3) is 1.00. The van der Waals surface area contributed by atoms with Crippen molar-refractivity contribution in [2.75, 3.05) is 18.1 Å². The molecule has 3 nitrogen and oxygen atoms in total. The van der Waals surface area contributed by atoms with Gasteiger partial charge in [-0.05, 0) is 26.7 Å². The Morgan fingerprint density at radius 1 is 1.10 bits per heavy atom. The Morgan fingerprint density at radius 2 is 1.80 bits per heavy atom. The third kappa shape index (κ3) is 5.03. The van der Waals surface area contributed by atoms with E-state index in [9.17, 15) is 8.42 Å². The molecule has 0 amide bonds. The van der Waals surface area contributed by atoms with Gasteiger partial charge >= 0.3 is 0 Å². The minimum absolute atomic E-state index is 0.163. The number of unbranched alkanes of at least 4 members (excludes halogenated alkanes) is 3. The fourth-order valence-corrected chi connectivity index (χ4v) is 5.24. The van der Waals surface area contributed by atoms with Gasteiger partial charge in [0.15, 0.2) is 9.84 Å². The molecule has 1 aliphatic rings. The molecule has 0 aromatic heterocycles. The van der Waals surface area contributed by atoms with Crippen LogP contribution in [0.4, 0.5) is 0 Å². The van der Waals surface area contributed by atoms with Crippen LogP contribution in [0.2, 0.25) is 0 Å². The number of hydrogen-bond donors (Lipinski definition) is 0. The van der Waals surface area contributed by atoms with Crippen LogP contribution in [0.1, 0.15) is 72.6 Å². The zero-order valence-electron chi connectivity index (χ0n) is 13.8. The molecule has 0 saturated carbocycles. The Kier molecular flexibility index (Phi) is 6.99. The maximum atomic E-state index is 11.8. The lowest BCUT2D eigenvalue weighted by Gasteiger charge is -2.47. The lowest BCUT2D eigenvalue weighted by Crippen LogP contribution is -2.57. The molecule has 1 fully saturated rings. The molecule has 20 heavy (non-hydrogen) atoms. The molecule has 2 atom stereocenters. The zero-order chi connectivity index (χ0) is 15.2. The number of rotatable bonds is 8. The molecule has 2 unspecified atom stereocenters. The highest BCUT2D eigenvalue weighted by Gasteiger charge is 2.38. The molecule has 0 N–H and O–H groups in total. The van der Waals surface area contributed by atoms with Gasteiger partial charge in [0.05, 0.1) is 11.5 Å². The predicted molar refractivity (Wildman–Crippen MR) is 86.9 cm³/mol. The second-order valence-electron chi connectivity index (χ2n) is 6.71. The van der Waals surface area contributed by atoms with E-state index in [1.807, 2.05) is 0 Å². The highest BCUT2D eigenvalue weighted by Crippen LogP contribution is 2.32. The Bertz CT molecular complexity index is 380. The summed E-state index contributed by atoms with van der Waals surface area (Å²) in [5.41, 5.74) is 0.178. The quantitative estimate of drug-likeness (QED) is 0.643. The summed E-state index contributed by atoms with van der Waals surface area (Å²) >= 11 is 0. The van der Waals surface area contributed by atoms with E-state index < -0.39 is 9.84 Å². The summed E-state index contributed by atoms with van der Waals surface area (Å²) in [5.74, 6) is 0.673. The van der Waals surface area contributed by atoms with Crippen LogP contribution in [0.25, 0.3) is 0 Å². The van der Waals surface area contributed by atoms with Crippen molar-refractivity contribution in [3.05, 3.63) is 0 Å². The first-order chi connectivity index (χ1) is 9.34. The predicted octanol–water partition coefficient (Wildman–Crippen LogP) is 3.63. The average Bonchev–Trinajstić information content (AvgIpc) is 2.33. The van der Waals surface area contributed by atoms with Crippen LogP contribution in [0.15, 0.2) is 0 Å². The van der Waals surface area contributed by atoms with Gasteiger partial charge in [-0.15, -0.1) is 0 Å². The fourth-order valence-electron chi connectivity index (χ4n) is 3.68. The summed E-state index contributed by atoms with van der Waals surface area (Å²) in [7, 11) is -2.81. The molecule has 1 heterocycles. The van der Waals surface area contributed by atoms with E-state index in [0.717, 1.165) is 0 Å². The van der Waals surface area contributed by atoms with E-state index in [4.69, 9.17) is 0 Å². The first kappa shape index (κ1) is 18.0. The van der Waals surface area contributed by atoms with Crippen molar-refractivity contribution in [2.45, 2.75) is 84.2 Å². The average molecular weight is 304 g/mol. The van der Waals surface area contributed by atoms with Gasteiger partial charge in [0, 0.05) is 18.1 Å². The molecule has 0 aromatic carbocycles. The van der Waals surface area contributed by atoms with Crippen molar-refractivity contribution in [3.8, 4) is 0 Å². The normalized spacial score (nSPS) is 26.3. The maximum absolute atomic E-state index is 11.8. The SMILES string of the molecule is CCCCCCC(C)(CCC)N1CCS(=O)(=O)CC1C. The highest BCUT2D eigenvalue weighted by atomic mass is 32.2. The Hall–Kier alpha value is -0.0900. The number of sulfone groups is 1. The van der Waals surface area contributed by atoms with Gasteiger partial charge in [-0.1, -0.05) is 46.0 Å². The number of nitrogens with zero attached hydrogens (tertiary/aromatic N) is 1. The molecule has 0 spiro atoms. The van der Waals surface area contributed by atoms with Crippen molar-refractivity contribution < 1.29 is 8.42 Å². The van der Waals surface area contributed by atoms with Crippen LogP contribution in [-0.2, 0) is 9.84 Å². The van der Waals surface area contributed by atoms with E-state index in [1.165, 1.54) is 44.9 Å². The first-order valence-electron chi connectivity index (χ1n) is 8.32. The standard InChI is InChI=1S/C16H33NO2S/c1-5-7-8-9-11-16(4,10-6-2)17-12-13-20(18,19)14-15(17)3/h15H,5-14H2,1-4H3. The van der Waals surface area contributed by atoms with Crippen LogP contribution >= 0.6 is 0 Å². The van der Waals surface area contributed by atoms with E-state index in [-0.39, 0.29) is 11.6 Å². The molecule has 1 rings (SSSR count). The molecule has 1 saturated heterocycles. The topological polar surface area (TPSA) is 37.4 Å². The molecule has 120 valence electrons. The van der Waals surface area contributed by atoms with Crippen molar-refractivity contribution in [2.24, 2.45) is 0 Å². The maximum Gasteiger partial charge on any atom is 0.153 e. The van der Waals surface area contributed by atoms with E-state index >= 15 is 0 Å². The third-order valence-corrected chi connectivity index (χ3v) is 6.52. The van der Waals surface area contributed by atoms with Gasteiger partial charge in [0.1, 0.15) is 0 Å². The van der Waals surface area contributed by atoms with Gasteiger partial charge in [0.25, 0.3) is 0 Å². The van der Waals surface area contributed by atoms with Crippen LogP contribution in [-0.4, -0.2) is 42.9 Å². The van der Waals surface area contributed by atoms with E-state index in [2.05, 4.69) is 32.6 Å². The van der Waals surface area contributed by atoms with Crippen LogP contribution in [0.5, 0.6) is 0 Å². The molecule has 0 aliphatic carbocycles. The summed E-state index contributed by atoms with van der Waals surface area (Å²) in [6, 6.07) is 0.163. The lowest BCUT2D eigenvalue weighted by atomic mass is 9.86. The molecular weight excluding hydrogens is 270 g/mol. The first-order valence-corrected chi connectivity index (χ1v) is 10.1. The second kappa shape index (κ2) is 7.79. The molecule has 1 aliphatic heterocycles. The molecular formula is C16H33NO2S. The summed E-state index contributed by atoms with van der Waals surface area (Å²) in [4.78, 5) is 2.48. The van der Waals surface area contributed by atoms with E-state index in [0.29, 0.717) is 18.1 Å². The Labute approximate surface area is 126 Å². The van der Waals surface area contributed by atoms with Crippen molar-refractivity contribution >= 4 is 9.84 Å². The number of hydrogen-bond acceptors (Lipinski definition) is 3. The van der Waals surface area contributed by atoms with Gasteiger partial charge in [-0.25, -0.2) is 8.42 Å². The van der Waals surface area contributed by atoms with Gasteiger partial charge in [-0.3, -0.25) is 4.90 Å². The summed E-state index contributed by atoms with van der Waals surface area (Å²) in [6.45, 7) is 9.61. The molecule has 0 bridgehead atoms. The van der Waals surface area contributed by atoms with Crippen LogP contribution in [0.3, 0.4) is 0 Å². The van der Waals surface area contributed by atoms with Gasteiger partial charge in [0.2, 0.25) is 0 Å². The lowest BCUT2D eigenvalue weighted by molar-refractivity contribution is 0.0548. The van der Waals surface area contributed by atoms with E-state index in [1.54, 1.807) is 0 Å². The third-order valence-electron chi connectivity index (χ3n) is 4.72. The summed E-state index contributed by atoms with van der Waals surface area (Å²) < 4.78 is 23.5. The zero-order valence-corrected chi connectivity index (χ0v) is 14.6. The smallest absolute Gasteiger partial charge is 0.153 e. The molecule has 0 radical (unpaired) electrons. The van der Waals surface area contributed by atoms with Gasteiger partial charge in [-0.2, -0.15) is 0 Å². The van der Waals surface area contributed by atoms with Gasteiger partial charge < -0.3 is 0 Å². The summed E-state index contributed by atoms with van der Waals surface area (Å²) in [6.07, 6.45) is 8.68.